The van der Waals surface area contributed by atoms with Gasteiger partial charge in [0.25, 0.3) is 5.91 Å². The second kappa shape index (κ2) is 3.33. The van der Waals surface area contributed by atoms with Crippen LogP contribution in [0.15, 0.2) is 12.1 Å². The Bertz CT molecular complexity index is 426. The molecule has 2 rings (SSSR count). The Morgan fingerprint density at radius 3 is 2.67 bits per heavy atom. The minimum Gasteiger partial charge on any atom is -0.332 e. The van der Waals surface area contributed by atoms with Gasteiger partial charge in [-0.1, -0.05) is 6.07 Å². The summed E-state index contributed by atoms with van der Waals surface area (Å²) in [6.07, 6.45) is 0. The highest BCUT2D eigenvalue weighted by Gasteiger charge is 2.31. The van der Waals surface area contributed by atoms with Crippen molar-refractivity contribution in [3.8, 4) is 0 Å². The first-order valence-corrected chi connectivity index (χ1v) is 5.11. The number of carbonyl (C=O) groups excluding carboxylic acids is 1. The largest absolute Gasteiger partial charge is 0.332 e. The van der Waals surface area contributed by atoms with Gasteiger partial charge in [0.2, 0.25) is 0 Å². The molecule has 0 saturated heterocycles. The van der Waals surface area contributed by atoms with Gasteiger partial charge in [-0.2, -0.15) is 0 Å². The van der Waals surface area contributed by atoms with Crippen molar-refractivity contribution in [1.82, 2.24) is 4.90 Å². The van der Waals surface area contributed by atoms with Gasteiger partial charge in [-0.3, -0.25) is 4.79 Å². The molecule has 0 atom stereocenters. The maximum atomic E-state index is 13.7. The van der Waals surface area contributed by atoms with E-state index in [9.17, 15) is 9.18 Å². The molecule has 0 radical (unpaired) electrons. The summed E-state index contributed by atoms with van der Waals surface area (Å²) in [7, 11) is 0. The number of hydrogen-bond acceptors (Lipinski definition) is 1. The molecule has 0 spiro atoms. The highest BCUT2D eigenvalue weighted by atomic mass is 19.1. The molecule has 1 aliphatic rings. The zero-order valence-electron chi connectivity index (χ0n) is 9.17. The lowest BCUT2D eigenvalue weighted by Gasteiger charge is -2.19. The highest BCUT2D eigenvalue weighted by Crippen LogP contribution is 2.28. The third-order valence-electron chi connectivity index (χ3n) is 2.88. The van der Waals surface area contributed by atoms with Crippen LogP contribution in [0.2, 0.25) is 0 Å². The van der Waals surface area contributed by atoms with Crippen molar-refractivity contribution in [2.45, 2.75) is 33.4 Å². The normalized spacial score (nSPS) is 15.0. The van der Waals surface area contributed by atoms with E-state index in [1.165, 1.54) is 0 Å². The fourth-order valence-electron chi connectivity index (χ4n) is 1.91. The van der Waals surface area contributed by atoms with Crippen LogP contribution in [0.1, 0.15) is 35.3 Å². The topological polar surface area (TPSA) is 20.3 Å². The lowest BCUT2D eigenvalue weighted by Crippen LogP contribution is -2.30. The number of nitrogens with zero attached hydrogens (tertiary/aromatic N) is 1. The monoisotopic (exact) mass is 207 g/mol. The van der Waals surface area contributed by atoms with Crippen LogP contribution < -0.4 is 0 Å². The number of rotatable bonds is 1. The molecule has 0 aliphatic carbocycles. The molecule has 0 saturated carbocycles. The van der Waals surface area contributed by atoms with Crippen LogP contribution in [0.3, 0.4) is 0 Å². The van der Waals surface area contributed by atoms with E-state index in [0.717, 1.165) is 0 Å². The Balaban J connectivity index is 2.50. The minimum atomic E-state index is -0.232. The van der Waals surface area contributed by atoms with Gasteiger partial charge in [0.05, 0.1) is 0 Å². The molecular weight excluding hydrogens is 193 g/mol. The summed E-state index contributed by atoms with van der Waals surface area (Å²) in [5, 5.41) is 0. The van der Waals surface area contributed by atoms with Crippen molar-refractivity contribution in [1.29, 1.82) is 0 Å². The molecule has 0 fully saturated rings. The second-order valence-corrected chi connectivity index (χ2v) is 4.25. The maximum Gasteiger partial charge on any atom is 0.254 e. The standard InChI is InChI=1S/C12H14FNO/c1-7(2)14-6-10-9(12(14)15)5-4-8(3)11(10)13/h4-5,7H,6H2,1-3H3. The highest BCUT2D eigenvalue weighted by molar-refractivity contribution is 5.98. The summed E-state index contributed by atoms with van der Waals surface area (Å²) in [5.74, 6) is -0.289. The molecule has 1 aromatic rings. The van der Waals surface area contributed by atoms with Crippen molar-refractivity contribution >= 4 is 5.91 Å². The van der Waals surface area contributed by atoms with Gasteiger partial charge in [0, 0.05) is 23.7 Å². The second-order valence-electron chi connectivity index (χ2n) is 4.25. The number of benzene rings is 1. The summed E-state index contributed by atoms with van der Waals surface area (Å²) in [6.45, 7) is 6.00. The minimum absolute atomic E-state index is 0.0566. The van der Waals surface area contributed by atoms with Crippen molar-refractivity contribution < 1.29 is 9.18 Å². The van der Waals surface area contributed by atoms with Crippen LogP contribution in [-0.4, -0.2) is 16.8 Å². The fraction of sp³-hybridized carbons (Fsp3) is 0.417. The zero-order chi connectivity index (χ0) is 11.2. The van der Waals surface area contributed by atoms with Crippen LogP contribution >= 0.6 is 0 Å². The molecule has 1 amide bonds. The molecule has 1 aliphatic heterocycles. The summed E-state index contributed by atoms with van der Waals surface area (Å²) in [4.78, 5) is 13.5. The number of aryl methyl sites for hydroxylation is 1. The van der Waals surface area contributed by atoms with Gasteiger partial charge in [-0.05, 0) is 32.4 Å². The average Bonchev–Trinajstić information content (AvgIpc) is 2.51. The maximum absolute atomic E-state index is 13.7. The quantitative estimate of drug-likeness (QED) is 0.692. The number of halogens is 1. The van der Waals surface area contributed by atoms with Gasteiger partial charge < -0.3 is 4.90 Å². The number of amides is 1. The molecule has 0 bridgehead atoms. The Morgan fingerprint density at radius 2 is 2.07 bits per heavy atom. The van der Waals surface area contributed by atoms with Gasteiger partial charge >= 0.3 is 0 Å². The van der Waals surface area contributed by atoms with Gasteiger partial charge in [0.1, 0.15) is 5.82 Å². The first-order valence-electron chi connectivity index (χ1n) is 5.11. The molecule has 1 aromatic carbocycles. The first kappa shape index (κ1) is 10.1. The summed E-state index contributed by atoms with van der Waals surface area (Å²) in [5.41, 5.74) is 1.67. The van der Waals surface area contributed by atoms with Crippen LogP contribution in [0.5, 0.6) is 0 Å². The van der Waals surface area contributed by atoms with Gasteiger partial charge in [-0.15, -0.1) is 0 Å². The van der Waals surface area contributed by atoms with E-state index in [0.29, 0.717) is 23.2 Å². The SMILES string of the molecule is Cc1ccc2c(c1F)CN(C(C)C)C2=O. The van der Waals surface area contributed by atoms with E-state index in [1.54, 1.807) is 24.0 Å². The van der Waals surface area contributed by atoms with E-state index >= 15 is 0 Å². The first-order chi connectivity index (χ1) is 7.02. The molecule has 0 unspecified atom stereocenters. The zero-order valence-corrected chi connectivity index (χ0v) is 9.17. The van der Waals surface area contributed by atoms with Crippen molar-refractivity contribution in [2.24, 2.45) is 0 Å². The number of carbonyl (C=O) groups is 1. The fourth-order valence-corrected chi connectivity index (χ4v) is 1.91. The molecule has 2 nitrogen and oxygen atoms in total. The van der Waals surface area contributed by atoms with Crippen LogP contribution in [0.25, 0.3) is 0 Å². The van der Waals surface area contributed by atoms with Gasteiger partial charge in [0.15, 0.2) is 0 Å². The van der Waals surface area contributed by atoms with E-state index in [4.69, 9.17) is 0 Å². The predicted octanol–water partition coefficient (Wildman–Crippen LogP) is 2.50. The molecule has 3 heteroatoms. The average molecular weight is 207 g/mol. The number of fused-ring (bicyclic) bond motifs is 1. The van der Waals surface area contributed by atoms with Crippen LogP contribution in [-0.2, 0) is 6.54 Å². The van der Waals surface area contributed by atoms with Crippen LogP contribution in [0.4, 0.5) is 4.39 Å². The molecule has 1 heterocycles. The van der Waals surface area contributed by atoms with Crippen LogP contribution in [0, 0.1) is 12.7 Å². The third kappa shape index (κ3) is 1.42. The molecule has 80 valence electrons. The van der Waals surface area contributed by atoms with E-state index in [1.807, 2.05) is 13.8 Å². The molecule has 0 aromatic heterocycles. The van der Waals surface area contributed by atoms with E-state index in [2.05, 4.69) is 0 Å². The Labute approximate surface area is 88.7 Å². The summed E-state index contributed by atoms with van der Waals surface area (Å²) in [6, 6.07) is 3.50. The lowest BCUT2D eigenvalue weighted by atomic mass is 10.1. The predicted molar refractivity (Wildman–Crippen MR) is 56.1 cm³/mol. The molecular formula is C12H14FNO. The van der Waals surface area contributed by atoms with E-state index in [-0.39, 0.29) is 17.8 Å². The summed E-state index contributed by atoms with van der Waals surface area (Å²) >= 11 is 0. The third-order valence-corrected chi connectivity index (χ3v) is 2.88. The smallest absolute Gasteiger partial charge is 0.254 e. The van der Waals surface area contributed by atoms with Crippen molar-refractivity contribution in [3.05, 3.63) is 34.6 Å². The molecule has 15 heavy (non-hydrogen) atoms. The van der Waals surface area contributed by atoms with E-state index < -0.39 is 0 Å². The van der Waals surface area contributed by atoms with Crippen molar-refractivity contribution in [3.63, 3.8) is 0 Å². The summed E-state index contributed by atoms with van der Waals surface area (Å²) < 4.78 is 13.7. The molecule has 0 N–H and O–H groups in total. The Morgan fingerprint density at radius 1 is 1.40 bits per heavy atom. The Hall–Kier alpha value is -1.38. The number of hydrogen-bond donors (Lipinski definition) is 0. The lowest BCUT2D eigenvalue weighted by molar-refractivity contribution is 0.0730. The Kier molecular flexibility index (Phi) is 2.25. The van der Waals surface area contributed by atoms with Gasteiger partial charge in [-0.25, -0.2) is 4.39 Å². The van der Waals surface area contributed by atoms with Crippen molar-refractivity contribution in [2.75, 3.05) is 0 Å².